The molecular formula is C17H16N2O2. The number of carbonyl (C=O) groups excluding carboxylic acids is 1. The summed E-state index contributed by atoms with van der Waals surface area (Å²) in [5.41, 5.74) is 2.79. The number of hydrogen-bond acceptors (Lipinski definition) is 3. The van der Waals surface area contributed by atoms with E-state index in [9.17, 15) is 4.79 Å². The number of aromatic nitrogens is 1. The molecule has 2 N–H and O–H groups in total. The number of nitrogens with one attached hydrogen (secondary N) is 1. The Morgan fingerprint density at radius 1 is 1.29 bits per heavy atom. The van der Waals surface area contributed by atoms with Crippen molar-refractivity contribution in [1.82, 2.24) is 4.98 Å². The first kappa shape index (κ1) is 14.8. The molecule has 0 spiro atoms. The van der Waals surface area contributed by atoms with Crippen molar-refractivity contribution in [2.24, 2.45) is 0 Å². The molecule has 4 heteroatoms. The molecule has 0 aliphatic carbocycles. The molecule has 2 rings (SSSR count). The lowest BCUT2D eigenvalue weighted by molar-refractivity contribution is 0.102. The average Bonchev–Trinajstić information content (AvgIpc) is 2.49. The fraction of sp³-hybridized carbons (Fsp3) is 0.176. The largest absolute Gasteiger partial charge is 0.395 e. The molecule has 1 heterocycles. The van der Waals surface area contributed by atoms with E-state index >= 15 is 0 Å². The van der Waals surface area contributed by atoms with Crippen molar-refractivity contribution in [2.75, 3.05) is 11.9 Å². The van der Waals surface area contributed by atoms with E-state index in [2.05, 4.69) is 22.1 Å². The summed E-state index contributed by atoms with van der Waals surface area (Å²) in [5, 5.41) is 11.5. The van der Waals surface area contributed by atoms with Crippen molar-refractivity contribution in [3.63, 3.8) is 0 Å². The molecule has 0 atom stereocenters. The highest BCUT2D eigenvalue weighted by molar-refractivity contribution is 6.03. The van der Waals surface area contributed by atoms with Gasteiger partial charge in [0.05, 0.1) is 6.61 Å². The fourth-order valence-electron chi connectivity index (χ4n) is 1.77. The second-order valence-corrected chi connectivity index (χ2v) is 4.48. The van der Waals surface area contributed by atoms with Gasteiger partial charge in [0.2, 0.25) is 0 Å². The summed E-state index contributed by atoms with van der Waals surface area (Å²) in [4.78, 5) is 16.2. The number of carbonyl (C=O) groups is 1. The molecule has 1 amide bonds. The van der Waals surface area contributed by atoms with Gasteiger partial charge in [0.25, 0.3) is 5.91 Å². The van der Waals surface area contributed by atoms with Crippen molar-refractivity contribution >= 4 is 11.6 Å². The lowest BCUT2D eigenvalue weighted by Crippen LogP contribution is -2.14. The van der Waals surface area contributed by atoms with Crippen LogP contribution >= 0.6 is 0 Å². The topological polar surface area (TPSA) is 62.2 Å². The minimum absolute atomic E-state index is 0.0601. The van der Waals surface area contributed by atoms with E-state index < -0.39 is 0 Å². The van der Waals surface area contributed by atoms with Gasteiger partial charge in [-0.3, -0.25) is 9.78 Å². The Kier molecular flexibility index (Phi) is 5.08. The number of aliphatic hydroxyl groups is 1. The Hall–Kier alpha value is -2.64. The molecule has 1 aromatic carbocycles. The van der Waals surface area contributed by atoms with Crippen LogP contribution in [-0.4, -0.2) is 22.6 Å². The van der Waals surface area contributed by atoms with Crippen LogP contribution < -0.4 is 5.32 Å². The smallest absolute Gasteiger partial charge is 0.274 e. The average molecular weight is 280 g/mol. The summed E-state index contributed by atoms with van der Waals surface area (Å²) in [6, 6.07) is 10.9. The van der Waals surface area contributed by atoms with Gasteiger partial charge in [0.1, 0.15) is 5.69 Å². The van der Waals surface area contributed by atoms with Crippen molar-refractivity contribution < 1.29 is 9.90 Å². The van der Waals surface area contributed by atoms with Crippen LogP contribution in [0.25, 0.3) is 0 Å². The molecule has 0 saturated heterocycles. The van der Waals surface area contributed by atoms with Gasteiger partial charge in [-0.25, -0.2) is 0 Å². The summed E-state index contributed by atoms with van der Waals surface area (Å²) in [5.74, 6) is 5.55. The summed E-state index contributed by atoms with van der Waals surface area (Å²) >= 11 is 0. The van der Waals surface area contributed by atoms with Crippen LogP contribution in [-0.2, 0) is 0 Å². The zero-order valence-electron chi connectivity index (χ0n) is 11.8. The maximum absolute atomic E-state index is 12.1. The Balaban J connectivity index is 2.06. The van der Waals surface area contributed by atoms with Gasteiger partial charge < -0.3 is 10.4 Å². The summed E-state index contributed by atoms with van der Waals surface area (Å²) in [6.45, 7) is 1.91. The molecule has 0 fully saturated rings. The third kappa shape index (κ3) is 4.16. The summed E-state index contributed by atoms with van der Waals surface area (Å²) in [6.07, 6.45) is 2.05. The molecule has 4 nitrogen and oxygen atoms in total. The second-order valence-electron chi connectivity index (χ2n) is 4.48. The van der Waals surface area contributed by atoms with E-state index in [0.29, 0.717) is 17.8 Å². The van der Waals surface area contributed by atoms with Crippen molar-refractivity contribution in [2.45, 2.75) is 13.3 Å². The van der Waals surface area contributed by atoms with E-state index in [0.717, 1.165) is 11.1 Å². The summed E-state index contributed by atoms with van der Waals surface area (Å²) < 4.78 is 0. The SMILES string of the molecule is Cc1cccnc1C(=O)Nc1ccc(C#CCCO)cc1. The quantitative estimate of drug-likeness (QED) is 0.849. The van der Waals surface area contributed by atoms with Crippen molar-refractivity contribution in [1.29, 1.82) is 0 Å². The number of benzene rings is 1. The first-order valence-electron chi connectivity index (χ1n) is 6.63. The predicted molar refractivity (Wildman–Crippen MR) is 82.0 cm³/mol. The zero-order valence-corrected chi connectivity index (χ0v) is 11.8. The number of rotatable bonds is 3. The number of aryl methyl sites for hydroxylation is 1. The molecule has 106 valence electrons. The molecule has 0 radical (unpaired) electrons. The second kappa shape index (κ2) is 7.22. The van der Waals surface area contributed by atoms with Gasteiger partial charge in [-0.1, -0.05) is 17.9 Å². The lowest BCUT2D eigenvalue weighted by atomic mass is 10.2. The first-order valence-corrected chi connectivity index (χ1v) is 6.63. The Bertz CT molecular complexity index is 682. The normalized spacial score (nSPS) is 9.62. The van der Waals surface area contributed by atoms with Crippen LogP contribution in [0, 0.1) is 18.8 Å². The first-order chi connectivity index (χ1) is 10.2. The maximum atomic E-state index is 12.1. The van der Waals surface area contributed by atoms with Crippen LogP contribution in [0.3, 0.4) is 0 Å². The van der Waals surface area contributed by atoms with Crippen LogP contribution in [0.1, 0.15) is 28.0 Å². The van der Waals surface area contributed by atoms with Gasteiger partial charge in [-0.2, -0.15) is 0 Å². The molecule has 0 bridgehead atoms. The number of hydrogen-bond donors (Lipinski definition) is 2. The molecular weight excluding hydrogens is 264 g/mol. The zero-order chi connectivity index (χ0) is 15.1. The van der Waals surface area contributed by atoms with Crippen LogP contribution in [0.4, 0.5) is 5.69 Å². The number of aliphatic hydroxyl groups excluding tert-OH is 1. The van der Waals surface area contributed by atoms with Gasteiger partial charge in [-0.05, 0) is 42.8 Å². The molecule has 0 aliphatic rings. The molecule has 21 heavy (non-hydrogen) atoms. The molecule has 1 aromatic heterocycles. The fourth-order valence-corrected chi connectivity index (χ4v) is 1.77. The molecule has 0 saturated carbocycles. The highest BCUT2D eigenvalue weighted by Gasteiger charge is 2.09. The van der Waals surface area contributed by atoms with E-state index in [-0.39, 0.29) is 12.5 Å². The maximum Gasteiger partial charge on any atom is 0.274 e. The van der Waals surface area contributed by atoms with Crippen molar-refractivity contribution in [3.05, 3.63) is 59.4 Å². The van der Waals surface area contributed by atoms with Crippen LogP contribution in [0.15, 0.2) is 42.6 Å². The van der Waals surface area contributed by atoms with Crippen LogP contribution in [0.2, 0.25) is 0 Å². The molecule has 2 aromatic rings. The monoisotopic (exact) mass is 280 g/mol. The highest BCUT2D eigenvalue weighted by atomic mass is 16.2. The Morgan fingerprint density at radius 2 is 2.05 bits per heavy atom. The minimum Gasteiger partial charge on any atom is -0.395 e. The van der Waals surface area contributed by atoms with Gasteiger partial charge in [-0.15, -0.1) is 0 Å². The van der Waals surface area contributed by atoms with E-state index in [1.807, 2.05) is 25.1 Å². The number of nitrogens with zero attached hydrogens (tertiary/aromatic N) is 1. The predicted octanol–water partition coefficient (Wildman–Crippen LogP) is 2.38. The highest BCUT2D eigenvalue weighted by Crippen LogP contribution is 2.11. The lowest BCUT2D eigenvalue weighted by Gasteiger charge is -2.06. The van der Waals surface area contributed by atoms with Crippen molar-refractivity contribution in [3.8, 4) is 11.8 Å². The Morgan fingerprint density at radius 3 is 2.71 bits per heavy atom. The standard InChI is InChI=1S/C17H16N2O2/c1-13-5-4-11-18-16(13)17(21)19-15-9-7-14(8-10-15)6-2-3-12-20/h4-5,7-11,20H,3,12H2,1H3,(H,19,21). The molecule has 0 unspecified atom stereocenters. The van der Waals surface area contributed by atoms with E-state index in [1.54, 1.807) is 24.4 Å². The van der Waals surface area contributed by atoms with E-state index in [4.69, 9.17) is 5.11 Å². The molecule has 0 aliphatic heterocycles. The minimum atomic E-state index is -0.229. The third-order valence-corrected chi connectivity index (χ3v) is 2.84. The van der Waals surface area contributed by atoms with Gasteiger partial charge in [0.15, 0.2) is 0 Å². The number of anilines is 1. The van der Waals surface area contributed by atoms with Gasteiger partial charge >= 0.3 is 0 Å². The van der Waals surface area contributed by atoms with E-state index in [1.165, 1.54) is 0 Å². The van der Waals surface area contributed by atoms with Crippen LogP contribution in [0.5, 0.6) is 0 Å². The number of pyridine rings is 1. The third-order valence-electron chi connectivity index (χ3n) is 2.84. The summed E-state index contributed by atoms with van der Waals surface area (Å²) in [7, 11) is 0. The Labute approximate surface area is 123 Å². The van der Waals surface area contributed by atoms with Gasteiger partial charge in [0, 0.05) is 23.9 Å². The number of amides is 1.